The Kier molecular flexibility index (Phi) is 6.06. The lowest BCUT2D eigenvalue weighted by Gasteiger charge is -2.30. The molecule has 1 aliphatic rings. The van der Waals surface area contributed by atoms with Gasteiger partial charge in [-0.2, -0.15) is 4.39 Å². The molecule has 1 amide bonds. The lowest BCUT2D eigenvalue weighted by Crippen LogP contribution is -2.42. The molecule has 2 aromatic rings. The molecule has 28 heavy (non-hydrogen) atoms. The molecule has 0 unspecified atom stereocenters. The maximum atomic E-state index is 13.9. The first-order chi connectivity index (χ1) is 13.3. The molecular formula is C20H26FN5O2. The highest BCUT2D eigenvalue weighted by Crippen LogP contribution is 2.23. The maximum absolute atomic E-state index is 13.9. The molecule has 0 aliphatic heterocycles. The highest BCUT2D eigenvalue weighted by Gasteiger charge is 2.25. The summed E-state index contributed by atoms with van der Waals surface area (Å²) in [5.74, 6) is -0.0924. The summed E-state index contributed by atoms with van der Waals surface area (Å²) in [7, 11) is 0. The van der Waals surface area contributed by atoms with Crippen LogP contribution in [-0.2, 0) is 4.74 Å². The fraction of sp³-hybridized carbons (Fsp3) is 0.500. The number of halogens is 1. The summed E-state index contributed by atoms with van der Waals surface area (Å²) in [6, 6.07) is 5.27. The monoisotopic (exact) mass is 387 g/mol. The number of carbonyl (C=O) groups excluding carboxylic acids is 1. The van der Waals surface area contributed by atoms with E-state index in [1.54, 1.807) is 24.4 Å². The first-order valence-electron chi connectivity index (χ1n) is 9.50. The summed E-state index contributed by atoms with van der Waals surface area (Å²) in [6.45, 7) is 5.54. The van der Waals surface area contributed by atoms with Crippen LogP contribution in [0.5, 0.6) is 0 Å². The lowest BCUT2D eigenvalue weighted by atomic mass is 9.91. The van der Waals surface area contributed by atoms with Crippen LogP contribution in [0.15, 0.2) is 30.6 Å². The van der Waals surface area contributed by atoms with Crippen LogP contribution in [-0.4, -0.2) is 38.7 Å². The zero-order chi connectivity index (χ0) is 20.1. The summed E-state index contributed by atoms with van der Waals surface area (Å²) in [6.07, 6.45) is 6.06. The van der Waals surface area contributed by atoms with Gasteiger partial charge in [-0.1, -0.05) is 0 Å². The first kappa shape index (κ1) is 20.0. The van der Waals surface area contributed by atoms with Gasteiger partial charge in [0.2, 0.25) is 11.9 Å². The Morgan fingerprint density at radius 3 is 2.50 bits per heavy atom. The zero-order valence-electron chi connectivity index (χ0n) is 16.4. The Balaban J connectivity index is 1.53. The van der Waals surface area contributed by atoms with E-state index in [0.717, 1.165) is 25.7 Å². The smallest absolute Gasteiger partial charge is 0.407 e. The van der Waals surface area contributed by atoms with E-state index in [-0.39, 0.29) is 18.2 Å². The van der Waals surface area contributed by atoms with Crippen molar-refractivity contribution < 1.29 is 13.9 Å². The minimum Gasteiger partial charge on any atom is -0.444 e. The number of rotatable bonds is 4. The summed E-state index contributed by atoms with van der Waals surface area (Å²) < 4.78 is 19.2. The van der Waals surface area contributed by atoms with Crippen LogP contribution in [0.3, 0.4) is 0 Å². The topological polar surface area (TPSA) is 89.0 Å². The van der Waals surface area contributed by atoms with Crippen LogP contribution >= 0.6 is 0 Å². The van der Waals surface area contributed by atoms with Crippen LogP contribution in [0.4, 0.5) is 15.1 Å². The second kappa shape index (κ2) is 8.50. The van der Waals surface area contributed by atoms with E-state index in [0.29, 0.717) is 17.2 Å². The van der Waals surface area contributed by atoms with Crippen molar-refractivity contribution >= 4 is 12.0 Å². The molecular weight excluding hydrogens is 361 g/mol. The molecule has 0 bridgehead atoms. The van der Waals surface area contributed by atoms with E-state index < -0.39 is 11.5 Å². The van der Waals surface area contributed by atoms with Crippen LogP contribution < -0.4 is 10.6 Å². The van der Waals surface area contributed by atoms with Gasteiger partial charge in [-0.15, -0.1) is 0 Å². The molecule has 0 atom stereocenters. The Labute approximate surface area is 164 Å². The van der Waals surface area contributed by atoms with Gasteiger partial charge < -0.3 is 15.4 Å². The largest absolute Gasteiger partial charge is 0.444 e. The average molecular weight is 387 g/mol. The molecule has 0 saturated heterocycles. The summed E-state index contributed by atoms with van der Waals surface area (Å²) >= 11 is 0. The second-order valence-corrected chi connectivity index (χ2v) is 7.95. The number of nitrogens with one attached hydrogen (secondary N) is 2. The van der Waals surface area contributed by atoms with Gasteiger partial charge in [0.05, 0.1) is 11.3 Å². The first-order valence-corrected chi connectivity index (χ1v) is 9.50. The molecule has 1 saturated carbocycles. The standard InChI is InChI=1S/C20H26FN5O2/c1-20(2,3)28-19(27)25-14-8-6-13(7-9-14)24-18-23-12-10-16(26-18)15-5-4-11-22-17(15)21/h4-5,10-14H,6-9H2,1-3H3,(H,25,27)(H,23,24,26). The Bertz CT molecular complexity index is 816. The molecule has 0 spiro atoms. The van der Waals surface area contributed by atoms with Crippen LogP contribution in [0.25, 0.3) is 11.3 Å². The molecule has 0 aromatic carbocycles. The van der Waals surface area contributed by atoms with Gasteiger partial charge in [0, 0.05) is 24.5 Å². The van der Waals surface area contributed by atoms with Gasteiger partial charge in [0.1, 0.15) is 5.60 Å². The molecule has 7 nitrogen and oxygen atoms in total. The Morgan fingerprint density at radius 1 is 1.11 bits per heavy atom. The number of alkyl carbamates (subject to hydrolysis) is 1. The van der Waals surface area contributed by atoms with Gasteiger partial charge in [0.25, 0.3) is 0 Å². The van der Waals surface area contributed by atoms with Crippen molar-refractivity contribution in [2.75, 3.05) is 5.32 Å². The van der Waals surface area contributed by atoms with E-state index in [4.69, 9.17) is 4.74 Å². The number of amides is 1. The normalized spacial score (nSPS) is 19.7. The molecule has 8 heteroatoms. The molecule has 2 heterocycles. The number of pyridine rings is 1. The highest BCUT2D eigenvalue weighted by molar-refractivity contribution is 5.68. The third-order valence-corrected chi connectivity index (χ3v) is 4.47. The van der Waals surface area contributed by atoms with E-state index in [2.05, 4.69) is 25.6 Å². The van der Waals surface area contributed by atoms with E-state index >= 15 is 0 Å². The fourth-order valence-corrected chi connectivity index (χ4v) is 3.19. The van der Waals surface area contributed by atoms with Gasteiger partial charge in [0.15, 0.2) is 0 Å². The van der Waals surface area contributed by atoms with Crippen molar-refractivity contribution in [1.29, 1.82) is 0 Å². The fourth-order valence-electron chi connectivity index (χ4n) is 3.19. The molecule has 1 aliphatic carbocycles. The summed E-state index contributed by atoms with van der Waals surface area (Å²) in [5, 5.41) is 6.24. The molecule has 1 fully saturated rings. The van der Waals surface area contributed by atoms with Crippen LogP contribution in [0, 0.1) is 5.95 Å². The third-order valence-electron chi connectivity index (χ3n) is 4.47. The number of anilines is 1. The highest BCUT2D eigenvalue weighted by atomic mass is 19.1. The minimum atomic E-state index is -0.555. The quantitative estimate of drug-likeness (QED) is 0.773. The predicted molar refractivity (Wildman–Crippen MR) is 104 cm³/mol. The van der Waals surface area contributed by atoms with Crippen molar-refractivity contribution in [2.45, 2.75) is 64.1 Å². The van der Waals surface area contributed by atoms with Gasteiger partial charge >= 0.3 is 6.09 Å². The number of aromatic nitrogens is 3. The molecule has 0 radical (unpaired) electrons. The number of hydrogen-bond acceptors (Lipinski definition) is 6. The third kappa shape index (κ3) is 5.61. The molecule has 3 rings (SSSR count). The van der Waals surface area contributed by atoms with Crippen molar-refractivity contribution in [3.63, 3.8) is 0 Å². The van der Waals surface area contributed by atoms with Gasteiger partial charge in [-0.25, -0.2) is 19.7 Å². The average Bonchev–Trinajstić information content (AvgIpc) is 2.62. The molecule has 150 valence electrons. The molecule has 2 aromatic heterocycles. The lowest BCUT2D eigenvalue weighted by molar-refractivity contribution is 0.0492. The number of carbonyl (C=O) groups is 1. The predicted octanol–water partition coefficient (Wildman–Crippen LogP) is 3.93. The number of ether oxygens (including phenoxy) is 1. The maximum Gasteiger partial charge on any atom is 0.407 e. The van der Waals surface area contributed by atoms with Crippen molar-refractivity contribution in [2.24, 2.45) is 0 Å². The van der Waals surface area contributed by atoms with Crippen molar-refractivity contribution in [3.05, 3.63) is 36.5 Å². The summed E-state index contributed by atoms with van der Waals surface area (Å²) in [4.78, 5) is 24.2. The van der Waals surface area contributed by atoms with Crippen molar-refractivity contribution in [1.82, 2.24) is 20.3 Å². The number of nitrogens with zero attached hydrogens (tertiary/aromatic N) is 3. The number of hydrogen-bond donors (Lipinski definition) is 2. The van der Waals surface area contributed by atoms with Crippen LogP contribution in [0.1, 0.15) is 46.5 Å². The second-order valence-electron chi connectivity index (χ2n) is 7.95. The Hall–Kier alpha value is -2.77. The van der Waals surface area contributed by atoms with Gasteiger partial charge in [-0.3, -0.25) is 0 Å². The summed E-state index contributed by atoms with van der Waals surface area (Å²) in [5.41, 5.74) is 0.334. The Morgan fingerprint density at radius 2 is 1.82 bits per heavy atom. The van der Waals surface area contributed by atoms with Gasteiger partial charge in [-0.05, 0) is 64.7 Å². The van der Waals surface area contributed by atoms with E-state index in [1.165, 1.54) is 6.20 Å². The van der Waals surface area contributed by atoms with E-state index in [1.807, 2.05) is 20.8 Å². The van der Waals surface area contributed by atoms with Crippen LogP contribution in [0.2, 0.25) is 0 Å². The minimum absolute atomic E-state index is 0.102. The molecule has 2 N–H and O–H groups in total. The SMILES string of the molecule is CC(C)(C)OC(=O)NC1CCC(Nc2nccc(-c3cccnc3F)n2)CC1. The zero-order valence-corrected chi connectivity index (χ0v) is 16.4. The van der Waals surface area contributed by atoms with Crippen molar-refractivity contribution in [3.8, 4) is 11.3 Å². The van der Waals surface area contributed by atoms with E-state index in [9.17, 15) is 9.18 Å².